The van der Waals surface area contributed by atoms with Gasteiger partial charge in [-0.25, -0.2) is 9.97 Å². The molecule has 1 amide bonds. The molecule has 7 heteroatoms. The molecule has 0 unspecified atom stereocenters. The third-order valence-corrected chi connectivity index (χ3v) is 2.67. The molecule has 0 bridgehead atoms. The molecule has 1 aliphatic heterocycles. The number of nitrogens with one attached hydrogen (secondary N) is 1. The van der Waals surface area contributed by atoms with E-state index in [1.807, 2.05) is 4.90 Å². The molecule has 0 radical (unpaired) electrons. The van der Waals surface area contributed by atoms with Gasteiger partial charge in [0, 0.05) is 25.5 Å². The molecular weight excluding hydrogens is 238 g/mol. The molecule has 1 aromatic heterocycles. The van der Waals surface area contributed by atoms with E-state index in [4.69, 9.17) is 18.0 Å². The number of aromatic nitrogens is 2. The van der Waals surface area contributed by atoms with E-state index in [1.54, 1.807) is 6.20 Å². The molecular formula is C10H13N5OS. The molecule has 2 rings (SSSR count). The van der Waals surface area contributed by atoms with E-state index in [-0.39, 0.29) is 17.4 Å². The van der Waals surface area contributed by atoms with Crippen LogP contribution < -0.4 is 16.0 Å². The van der Waals surface area contributed by atoms with Crippen molar-refractivity contribution in [3.8, 4) is 0 Å². The van der Waals surface area contributed by atoms with Gasteiger partial charge in [-0.1, -0.05) is 12.2 Å². The number of carbonyl (C=O) groups is 1. The minimum absolute atomic E-state index is 0.0259. The van der Waals surface area contributed by atoms with Crippen LogP contribution in [0.4, 0.5) is 5.82 Å². The molecule has 1 fully saturated rings. The van der Waals surface area contributed by atoms with Crippen molar-refractivity contribution in [3.05, 3.63) is 18.1 Å². The van der Waals surface area contributed by atoms with Gasteiger partial charge in [-0.2, -0.15) is 0 Å². The van der Waals surface area contributed by atoms with Crippen LogP contribution >= 0.6 is 12.2 Å². The van der Waals surface area contributed by atoms with Crippen molar-refractivity contribution in [2.75, 3.05) is 24.5 Å². The van der Waals surface area contributed by atoms with Gasteiger partial charge in [-0.15, -0.1) is 0 Å². The van der Waals surface area contributed by atoms with Crippen molar-refractivity contribution in [1.82, 2.24) is 15.3 Å². The molecule has 17 heavy (non-hydrogen) atoms. The molecule has 0 atom stereocenters. The predicted molar refractivity (Wildman–Crippen MR) is 67.8 cm³/mol. The molecule has 0 saturated carbocycles. The Labute approximate surface area is 104 Å². The highest BCUT2D eigenvalue weighted by Crippen LogP contribution is 2.15. The lowest BCUT2D eigenvalue weighted by Crippen LogP contribution is -2.35. The van der Waals surface area contributed by atoms with Crippen LogP contribution in [0.2, 0.25) is 0 Å². The first-order valence-electron chi connectivity index (χ1n) is 5.31. The smallest absolute Gasteiger partial charge is 0.239 e. The minimum atomic E-state index is -0.0259. The number of amides is 1. The predicted octanol–water partition coefficient (Wildman–Crippen LogP) is -0.563. The highest BCUT2D eigenvalue weighted by atomic mass is 32.1. The van der Waals surface area contributed by atoms with Gasteiger partial charge in [0.1, 0.15) is 10.7 Å². The van der Waals surface area contributed by atoms with E-state index >= 15 is 0 Å². The first kappa shape index (κ1) is 11.7. The fraction of sp³-hybridized carbons (Fsp3) is 0.400. The fourth-order valence-electron chi connectivity index (χ4n) is 1.72. The van der Waals surface area contributed by atoms with Crippen LogP contribution in [-0.2, 0) is 4.79 Å². The highest BCUT2D eigenvalue weighted by molar-refractivity contribution is 7.80. The van der Waals surface area contributed by atoms with E-state index in [0.29, 0.717) is 18.1 Å². The molecule has 90 valence electrons. The topological polar surface area (TPSA) is 84.1 Å². The van der Waals surface area contributed by atoms with Gasteiger partial charge in [0.2, 0.25) is 5.91 Å². The third kappa shape index (κ3) is 2.68. The summed E-state index contributed by atoms with van der Waals surface area (Å²) in [4.78, 5) is 21.8. The van der Waals surface area contributed by atoms with Crippen LogP contribution in [0.1, 0.15) is 12.1 Å². The lowest BCUT2D eigenvalue weighted by Gasteiger charge is -2.21. The minimum Gasteiger partial charge on any atom is -0.388 e. The van der Waals surface area contributed by atoms with E-state index < -0.39 is 0 Å². The molecule has 3 N–H and O–H groups in total. The monoisotopic (exact) mass is 251 g/mol. The molecule has 6 nitrogen and oxygen atoms in total. The van der Waals surface area contributed by atoms with Gasteiger partial charge < -0.3 is 16.0 Å². The van der Waals surface area contributed by atoms with Gasteiger partial charge in [-0.3, -0.25) is 4.79 Å². The Morgan fingerprint density at radius 3 is 3.00 bits per heavy atom. The van der Waals surface area contributed by atoms with Crippen molar-refractivity contribution in [2.24, 2.45) is 5.73 Å². The maximum absolute atomic E-state index is 11.5. The Hall–Kier alpha value is -1.76. The average molecular weight is 251 g/mol. The average Bonchev–Trinajstić information content (AvgIpc) is 2.54. The maximum Gasteiger partial charge on any atom is 0.239 e. The fourth-order valence-corrected chi connectivity index (χ4v) is 1.87. The maximum atomic E-state index is 11.5. The van der Waals surface area contributed by atoms with Crippen molar-refractivity contribution in [1.29, 1.82) is 0 Å². The highest BCUT2D eigenvalue weighted by Gasteiger charge is 2.20. The number of carbonyl (C=O) groups excluding carboxylic acids is 1. The van der Waals surface area contributed by atoms with E-state index in [1.165, 1.54) is 6.20 Å². The second-order valence-electron chi connectivity index (χ2n) is 3.72. The standard InChI is InChI=1S/C10H13N5OS/c11-9(17)8-10(14-4-3-13-8)15-5-1-2-12-7(16)6-15/h3-4H,1-2,5-6H2,(H2,11,17)(H,12,16). The van der Waals surface area contributed by atoms with Crippen LogP contribution in [0.3, 0.4) is 0 Å². The Bertz CT molecular complexity index is 450. The zero-order valence-corrected chi connectivity index (χ0v) is 10.0. The van der Waals surface area contributed by atoms with Crippen molar-refractivity contribution >= 4 is 28.9 Å². The number of hydrogen-bond acceptors (Lipinski definition) is 5. The first-order chi connectivity index (χ1) is 8.18. The Balaban J connectivity index is 2.31. The molecule has 1 saturated heterocycles. The van der Waals surface area contributed by atoms with Crippen LogP contribution in [0.15, 0.2) is 12.4 Å². The summed E-state index contributed by atoms with van der Waals surface area (Å²) in [5.74, 6) is 0.555. The first-order valence-corrected chi connectivity index (χ1v) is 5.72. The Kier molecular flexibility index (Phi) is 3.48. The summed E-state index contributed by atoms with van der Waals surface area (Å²) in [6.07, 6.45) is 3.97. The second kappa shape index (κ2) is 5.05. The van der Waals surface area contributed by atoms with E-state index in [2.05, 4.69) is 15.3 Å². The summed E-state index contributed by atoms with van der Waals surface area (Å²) in [6, 6.07) is 0. The van der Waals surface area contributed by atoms with Crippen LogP contribution in [0.25, 0.3) is 0 Å². The summed E-state index contributed by atoms with van der Waals surface area (Å²) >= 11 is 4.93. The number of hydrogen-bond donors (Lipinski definition) is 2. The van der Waals surface area contributed by atoms with Crippen molar-refractivity contribution < 1.29 is 4.79 Å². The van der Waals surface area contributed by atoms with Gasteiger partial charge in [0.15, 0.2) is 5.82 Å². The normalized spacial score (nSPS) is 16.2. The largest absolute Gasteiger partial charge is 0.388 e. The quantitative estimate of drug-likeness (QED) is 0.685. The number of anilines is 1. The molecule has 1 aromatic rings. The van der Waals surface area contributed by atoms with Gasteiger partial charge in [0.25, 0.3) is 0 Å². The number of rotatable bonds is 2. The van der Waals surface area contributed by atoms with Gasteiger partial charge in [0.05, 0.1) is 6.54 Å². The lowest BCUT2D eigenvalue weighted by atomic mass is 10.3. The molecule has 0 aromatic carbocycles. The van der Waals surface area contributed by atoms with E-state index in [9.17, 15) is 4.79 Å². The van der Waals surface area contributed by atoms with E-state index in [0.717, 1.165) is 13.0 Å². The zero-order valence-electron chi connectivity index (χ0n) is 9.22. The summed E-state index contributed by atoms with van der Waals surface area (Å²) in [5.41, 5.74) is 6.07. The van der Waals surface area contributed by atoms with Gasteiger partial charge in [-0.05, 0) is 6.42 Å². The molecule has 2 heterocycles. The van der Waals surface area contributed by atoms with Crippen molar-refractivity contribution in [2.45, 2.75) is 6.42 Å². The van der Waals surface area contributed by atoms with Crippen LogP contribution in [-0.4, -0.2) is 40.5 Å². The summed E-state index contributed by atoms with van der Waals surface area (Å²) in [7, 11) is 0. The van der Waals surface area contributed by atoms with Crippen LogP contribution in [0, 0.1) is 0 Å². The summed E-state index contributed by atoms with van der Waals surface area (Å²) in [5, 5.41) is 2.80. The lowest BCUT2D eigenvalue weighted by molar-refractivity contribution is -0.119. The van der Waals surface area contributed by atoms with Gasteiger partial charge >= 0.3 is 0 Å². The number of nitrogens with zero attached hydrogens (tertiary/aromatic N) is 3. The summed E-state index contributed by atoms with van der Waals surface area (Å²) < 4.78 is 0. The second-order valence-corrected chi connectivity index (χ2v) is 4.16. The summed E-state index contributed by atoms with van der Waals surface area (Å²) in [6.45, 7) is 1.67. The molecule has 0 spiro atoms. The molecule has 1 aliphatic rings. The number of nitrogens with two attached hydrogens (primary N) is 1. The Morgan fingerprint density at radius 2 is 2.24 bits per heavy atom. The SMILES string of the molecule is NC(=S)c1nccnc1N1CCCNC(=O)C1. The Morgan fingerprint density at radius 1 is 1.47 bits per heavy atom. The number of thiocarbonyl (C=S) groups is 1. The van der Waals surface area contributed by atoms with Crippen molar-refractivity contribution in [3.63, 3.8) is 0 Å². The third-order valence-electron chi connectivity index (χ3n) is 2.47. The molecule has 0 aliphatic carbocycles. The van der Waals surface area contributed by atoms with Crippen LogP contribution in [0.5, 0.6) is 0 Å². The zero-order chi connectivity index (χ0) is 12.3.